The van der Waals surface area contributed by atoms with E-state index in [0.717, 1.165) is 12.8 Å². The van der Waals surface area contributed by atoms with Crippen molar-refractivity contribution in [3.05, 3.63) is 5.21 Å². The van der Waals surface area contributed by atoms with Crippen molar-refractivity contribution in [1.29, 1.82) is 0 Å². The van der Waals surface area contributed by atoms with Crippen molar-refractivity contribution < 1.29 is 34.5 Å². The van der Waals surface area contributed by atoms with Gasteiger partial charge in [-0.25, -0.2) is 0 Å². The molecule has 0 atom stereocenters. The molecular formula is C9H19ClCuNO. The summed E-state index contributed by atoms with van der Waals surface area (Å²) in [7, 11) is 0. The molecule has 4 heteroatoms. The molecule has 1 rings (SSSR count). The topological polar surface area (TPSA) is 27.5 Å². The van der Waals surface area contributed by atoms with Crippen LogP contribution >= 0.6 is 0 Å². The normalized spacial score (nSPS) is 25.6. The van der Waals surface area contributed by atoms with Gasteiger partial charge >= 0.3 is 17.1 Å². The summed E-state index contributed by atoms with van der Waals surface area (Å²) < 4.78 is 0. The zero-order valence-corrected chi connectivity index (χ0v) is 10.4. The van der Waals surface area contributed by atoms with Crippen LogP contribution in [0.1, 0.15) is 47.0 Å². The first-order chi connectivity index (χ1) is 4.86. The first-order valence-electron chi connectivity index (χ1n) is 4.41. The van der Waals surface area contributed by atoms with Gasteiger partial charge in [-0.1, -0.05) is 0 Å². The van der Waals surface area contributed by atoms with E-state index in [9.17, 15) is 5.21 Å². The Morgan fingerprint density at radius 3 is 1.54 bits per heavy atom. The Morgan fingerprint density at radius 2 is 1.31 bits per heavy atom. The second kappa shape index (κ2) is 4.99. The molecule has 0 spiro atoms. The van der Waals surface area contributed by atoms with E-state index in [1.807, 2.05) is 0 Å². The largest absolute Gasteiger partial charge is 1.00 e. The van der Waals surface area contributed by atoms with Gasteiger partial charge in [-0.15, -0.1) is 0 Å². The minimum absolute atomic E-state index is 0. The zero-order valence-electron chi connectivity index (χ0n) is 8.71. The van der Waals surface area contributed by atoms with Crippen LogP contribution in [0.5, 0.6) is 0 Å². The molecule has 13 heavy (non-hydrogen) atoms. The summed E-state index contributed by atoms with van der Waals surface area (Å²) in [6.45, 7) is 8.26. The van der Waals surface area contributed by atoms with Gasteiger partial charge in [0, 0.05) is 12.8 Å². The molecule has 0 aromatic heterocycles. The fourth-order valence-electron chi connectivity index (χ4n) is 2.12. The maximum atomic E-state index is 11.8. The molecule has 1 aliphatic rings. The Bertz CT molecular complexity index is 146. The molecule has 0 aromatic carbocycles. The van der Waals surface area contributed by atoms with E-state index in [4.69, 9.17) is 0 Å². The predicted octanol–water partition coefficient (Wildman–Crippen LogP) is -1.89. The summed E-state index contributed by atoms with van der Waals surface area (Å²) in [6.07, 6.45) is 3.33. The monoisotopic (exact) mass is 255 g/mol. The maximum absolute atomic E-state index is 11.8. The third-order valence-corrected chi connectivity index (χ3v) is 2.83. The third kappa shape index (κ3) is 3.41. The van der Waals surface area contributed by atoms with Crippen LogP contribution in [0, 0.1) is 5.21 Å². The summed E-state index contributed by atoms with van der Waals surface area (Å²) in [5.74, 6) is 0. The van der Waals surface area contributed by atoms with Gasteiger partial charge in [-0.05, 0) is 34.1 Å². The quantitative estimate of drug-likeness (QED) is 0.398. The molecule has 84 valence electrons. The van der Waals surface area contributed by atoms with Crippen molar-refractivity contribution >= 4 is 0 Å². The Morgan fingerprint density at radius 1 is 1.00 bits per heavy atom. The first kappa shape index (κ1) is 16.2. The SMILES string of the molecule is CC1(C)CCCC(C)(C)[NH+]1[O-].[Cl-].[Cu+]. The van der Waals surface area contributed by atoms with E-state index >= 15 is 0 Å². The number of halogens is 1. The van der Waals surface area contributed by atoms with Gasteiger partial charge < -0.3 is 22.7 Å². The molecule has 2 nitrogen and oxygen atoms in total. The van der Waals surface area contributed by atoms with Crippen LogP contribution in [-0.4, -0.2) is 11.1 Å². The summed E-state index contributed by atoms with van der Waals surface area (Å²) in [5.41, 5.74) is -0.135. The number of hydrogen-bond donors (Lipinski definition) is 1. The van der Waals surface area contributed by atoms with Gasteiger partial charge in [-0.3, -0.25) is 0 Å². The van der Waals surface area contributed by atoms with Crippen molar-refractivity contribution in [2.45, 2.75) is 58.0 Å². The number of hydrogen-bond acceptors (Lipinski definition) is 1. The van der Waals surface area contributed by atoms with Crippen LogP contribution in [0.15, 0.2) is 0 Å². The molecule has 0 bridgehead atoms. The molecule has 0 aromatic rings. The van der Waals surface area contributed by atoms with Gasteiger partial charge in [0.15, 0.2) is 0 Å². The fraction of sp³-hybridized carbons (Fsp3) is 1.00. The van der Waals surface area contributed by atoms with Crippen LogP contribution < -0.4 is 17.5 Å². The molecule has 0 aliphatic carbocycles. The molecule has 0 unspecified atom stereocenters. The number of rotatable bonds is 0. The van der Waals surface area contributed by atoms with Crippen molar-refractivity contribution in [3.8, 4) is 0 Å². The van der Waals surface area contributed by atoms with Crippen molar-refractivity contribution in [3.63, 3.8) is 0 Å². The Labute approximate surface area is 97.9 Å². The molecule has 0 radical (unpaired) electrons. The number of quaternary nitrogens is 1. The van der Waals surface area contributed by atoms with Crippen molar-refractivity contribution in [1.82, 2.24) is 0 Å². The second-order valence-corrected chi connectivity index (χ2v) is 4.95. The molecular weight excluding hydrogens is 237 g/mol. The second-order valence-electron chi connectivity index (χ2n) is 4.95. The van der Waals surface area contributed by atoms with E-state index in [1.165, 1.54) is 6.42 Å². The van der Waals surface area contributed by atoms with Crippen LogP contribution in [0.25, 0.3) is 0 Å². The predicted molar refractivity (Wildman–Crippen MR) is 46.3 cm³/mol. The summed E-state index contributed by atoms with van der Waals surface area (Å²) >= 11 is 0. The molecule has 0 saturated carbocycles. The number of piperidine rings is 1. The van der Waals surface area contributed by atoms with Crippen LogP contribution in [0.2, 0.25) is 0 Å². The van der Waals surface area contributed by atoms with E-state index in [-0.39, 0.29) is 40.6 Å². The van der Waals surface area contributed by atoms with Gasteiger partial charge in [0.1, 0.15) is 0 Å². The number of hydroxylamine groups is 2. The average Bonchev–Trinajstić information content (AvgIpc) is 1.82. The summed E-state index contributed by atoms with van der Waals surface area (Å²) in [4.78, 5) is 0. The van der Waals surface area contributed by atoms with E-state index in [2.05, 4.69) is 27.7 Å². The maximum Gasteiger partial charge on any atom is 1.00 e. The van der Waals surface area contributed by atoms with Gasteiger partial charge in [0.25, 0.3) is 0 Å². The first-order valence-corrected chi connectivity index (χ1v) is 4.41. The Balaban J connectivity index is 0. The summed E-state index contributed by atoms with van der Waals surface area (Å²) in [6, 6.07) is 0. The molecule has 1 fully saturated rings. The zero-order chi connectivity index (χ0) is 8.70. The molecule has 1 aliphatic heterocycles. The smallest absolute Gasteiger partial charge is 1.00 e. The van der Waals surface area contributed by atoms with E-state index in [0.29, 0.717) is 5.06 Å². The summed E-state index contributed by atoms with van der Waals surface area (Å²) in [5, 5.41) is 12.2. The van der Waals surface area contributed by atoms with Crippen molar-refractivity contribution in [2.24, 2.45) is 0 Å². The van der Waals surface area contributed by atoms with Crippen LogP contribution in [0.3, 0.4) is 0 Å². The minimum atomic E-state index is -0.0677. The van der Waals surface area contributed by atoms with Gasteiger partial charge in [-0.2, -0.15) is 0 Å². The van der Waals surface area contributed by atoms with Crippen LogP contribution in [0.4, 0.5) is 0 Å². The molecule has 0 amide bonds. The standard InChI is InChI=1S/C9H19NO.ClH.Cu/c1-8(2)6-5-7-9(3,4)10(8)11;;/h10H,5-7H2,1-4H3;1H;/q;;+1/p-1. The fourth-order valence-corrected chi connectivity index (χ4v) is 2.12. The number of nitrogens with one attached hydrogen (secondary N) is 1. The molecule has 1 saturated heterocycles. The minimum Gasteiger partial charge on any atom is -1.00 e. The van der Waals surface area contributed by atoms with Crippen molar-refractivity contribution in [2.75, 3.05) is 0 Å². The van der Waals surface area contributed by atoms with E-state index < -0.39 is 0 Å². The Hall–Kier alpha value is 0.729. The average molecular weight is 256 g/mol. The molecule has 1 heterocycles. The third-order valence-electron chi connectivity index (χ3n) is 2.83. The van der Waals surface area contributed by atoms with E-state index in [1.54, 1.807) is 0 Å². The van der Waals surface area contributed by atoms with Gasteiger partial charge in [0.05, 0.1) is 11.1 Å². The van der Waals surface area contributed by atoms with Gasteiger partial charge in [0.2, 0.25) is 0 Å². The Kier molecular flexibility index (Phi) is 6.21. The molecule has 1 N–H and O–H groups in total. The van der Waals surface area contributed by atoms with Crippen LogP contribution in [-0.2, 0) is 17.1 Å².